The van der Waals surface area contributed by atoms with Gasteiger partial charge in [-0.3, -0.25) is 14.7 Å². The molecule has 0 bridgehead atoms. The number of nitrogens with one attached hydrogen (secondary N) is 1. The van der Waals surface area contributed by atoms with Crippen LogP contribution in [0.4, 0.5) is 0 Å². The predicted molar refractivity (Wildman–Crippen MR) is 92.4 cm³/mol. The predicted octanol–water partition coefficient (Wildman–Crippen LogP) is 1.71. The summed E-state index contributed by atoms with van der Waals surface area (Å²) in [5.41, 5.74) is 1.15. The second kappa shape index (κ2) is 8.66. The first kappa shape index (κ1) is 16.7. The third-order valence-corrected chi connectivity index (χ3v) is 5.51. The standard InChI is InChI=1S/C17H25N3O2S/c21-17(13-23-12-14-3-4-14)19-11-16(15-2-1-5-18-10-15)20-6-8-22-9-7-20/h1-2,5,10,14,16H,3-4,6-9,11-13H2,(H,19,21)/t16-/m0/s1. The quantitative estimate of drug-likeness (QED) is 0.784. The van der Waals surface area contributed by atoms with E-state index < -0.39 is 0 Å². The highest BCUT2D eigenvalue weighted by Crippen LogP contribution is 2.32. The van der Waals surface area contributed by atoms with E-state index in [-0.39, 0.29) is 11.9 Å². The van der Waals surface area contributed by atoms with Crippen LogP contribution in [0, 0.1) is 5.92 Å². The summed E-state index contributed by atoms with van der Waals surface area (Å²) in [5, 5.41) is 3.10. The Kier molecular flexibility index (Phi) is 6.30. The van der Waals surface area contributed by atoms with Crippen LogP contribution in [-0.2, 0) is 9.53 Å². The van der Waals surface area contributed by atoms with E-state index in [0.717, 1.165) is 43.5 Å². The summed E-state index contributed by atoms with van der Waals surface area (Å²) >= 11 is 1.76. The number of hydrogen-bond donors (Lipinski definition) is 1. The van der Waals surface area contributed by atoms with Gasteiger partial charge in [-0.2, -0.15) is 11.8 Å². The molecule has 1 N–H and O–H groups in total. The summed E-state index contributed by atoms with van der Waals surface area (Å²) in [6, 6.07) is 4.21. The fourth-order valence-electron chi connectivity index (χ4n) is 2.78. The molecule has 2 heterocycles. The van der Waals surface area contributed by atoms with Crippen molar-refractivity contribution in [2.24, 2.45) is 5.92 Å². The monoisotopic (exact) mass is 335 g/mol. The fourth-order valence-corrected chi connectivity index (χ4v) is 3.86. The molecule has 1 aromatic rings. The maximum Gasteiger partial charge on any atom is 0.230 e. The van der Waals surface area contributed by atoms with Gasteiger partial charge in [-0.05, 0) is 36.1 Å². The van der Waals surface area contributed by atoms with Gasteiger partial charge in [0.1, 0.15) is 0 Å². The zero-order valence-corrected chi connectivity index (χ0v) is 14.3. The van der Waals surface area contributed by atoms with Gasteiger partial charge in [0.05, 0.1) is 25.0 Å². The molecule has 1 saturated carbocycles. The van der Waals surface area contributed by atoms with Crippen LogP contribution in [0.1, 0.15) is 24.4 Å². The van der Waals surface area contributed by atoms with E-state index in [0.29, 0.717) is 12.3 Å². The maximum atomic E-state index is 12.1. The lowest BCUT2D eigenvalue weighted by Crippen LogP contribution is -2.44. The number of morpholine rings is 1. The van der Waals surface area contributed by atoms with E-state index in [1.54, 1.807) is 18.0 Å². The zero-order valence-electron chi connectivity index (χ0n) is 13.4. The molecule has 0 spiro atoms. The summed E-state index contributed by atoms with van der Waals surface area (Å²) in [5.74, 6) is 2.70. The van der Waals surface area contributed by atoms with Crippen molar-refractivity contribution < 1.29 is 9.53 Å². The summed E-state index contributed by atoms with van der Waals surface area (Å²) in [4.78, 5) is 18.7. The summed E-state index contributed by atoms with van der Waals surface area (Å²) in [7, 11) is 0. The summed E-state index contributed by atoms with van der Waals surface area (Å²) in [6.45, 7) is 3.93. The minimum absolute atomic E-state index is 0.137. The van der Waals surface area contributed by atoms with Crippen LogP contribution in [0.2, 0.25) is 0 Å². The molecule has 0 unspecified atom stereocenters. The molecule has 1 amide bonds. The Morgan fingerprint density at radius 1 is 1.43 bits per heavy atom. The molecule has 1 aliphatic carbocycles. The molecule has 1 aliphatic heterocycles. The number of carbonyl (C=O) groups excluding carboxylic acids is 1. The second-order valence-electron chi connectivity index (χ2n) is 6.21. The largest absolute Gasteiger partial charge is 0.379 e. The number of carbonyl (C=O) groups is 1. The summed E-state index contributed by atoms with van der Waals surface area (Å²) < 4.78 is 5.44. The van der Waals surface area contributed by atoms with E-state index in [9.17, 15) is 4.79 Å². The highest BCUT2D eigenvalue weighted by molar-refractivity contribution is 7.99. The van der Waals surface area contributed by atoms with E-state index in [4.69, 9.17) is 4.74 Å². The number of aromatic nitrogens is 1. The van der Waals surface area contributed by atoms with Gasteiger partial charge >= 0.3 is 0 Å². The molecular formula is C17H25N3O2S. The van der Waals surface area contributed by atoms with Crippen LogP contribution in [0.5, 0.6) is 0 Å². The highest BCUT2D eigenvalue weighted by atomic mass is 32.2. The minimum atomic E-state index is 0.137. The van der Waals surface area contributed by atoms with Crippen molar-refractivity contribution in [3.05, 3.63) is 30.1 Å². The van der Waals surface area contributed by atoms with Crippen molar-refractivity contribution in [2.45, 2.75) is 18.9 Å². The number of rotatable bonds is 8. The number of thioether (sulfide) groups is 1. The van der Waals surface area contributed by atoms with Gasteiger partial charge in [0.2, 0.25) is 5.91 Å². The number of nitrogens with zero attached hydrogens (tertiary/aromatic N) is 2. The molecule has 3 rings (SSSR count). The SMILES string of the molecule is O=C(CSCC1CC1)NC[C@@H](c1cccnc1)N1CCOCC1. The highest BCUT2D eigenvalue weighted by Gasteiger charge is 2.24. The second-order valence-corrected chi connectivity index (χ2v) is 7.24. The zero-order chi connectivity index (χ0) is 15.9. The molecule has 0 aromatic carbocycles. The molecule has 2 aliphatic rings. The van der Waals surface area contributed by atoms with Gasteiger partial charge in [0, 0.05) is 32.0 Å². The van der Waals surface area contributed by atoms with Crippen LogP contribution >= 0.6 is 11.8 Å². The number of hydrogen-bond acceptors (Lipinski definition) is 5. The molecule has 2 fully saturated rings. The van der Waals surface area contributed by atoms with E-state index in [1.807, 2.05) is 12.3 Å². The lowest BCUT2D eigenvalue weighted by atomic mass is 10.1. The number of amides is 1. The van der Waals surface area contributed by atoms with E-state index >= 15 is 0 Å². The molecule has 5 nitrogen and oxygen atoms in total. The minimum Gasteiger partial charge on any atom is -0.379 e. The van der Waals surface area contributed by atoms with Crippen molar-refractivity contribution in [3.8, 4) is 0 Å². The molecule has 1 saturated heterocycles. The van der Waals surface area contributed by atoms with E-state index in [2.05, 4.69) is 21.3 Å². The van der Waals surface area contributed by atoms with Crippen molar-refractivity contribution in [1.82, 2.24) is 15.2 Å². The smallest absolute Gasteiger partial charge is 0.230 e. The van der Waals surface area contributed by atoms with Gasteiger partial charge in [0.25, 0.3) is 0 Å². The third-order valence-electron chi connectivity index (χ3n) is 4.33. The Balaban J connectivity index is 1.51. The van der Waals surface area contributed by atoms with Crippen LogP contribution in [0.25, 0.3) is 0 Å². The summed E-state index contributed by atoms with van der Waals surface area (Å²) in [6.07, 6.45) is 6.37. The van der Waals surface area contributed by atoms with E-state index in [1.165, 1.54) is 12.8 Å². The third kappa shape index (κ3) is 5.48. The molecule has 23 heavy (non-hydrogen) atoms. The van der Waals surface area contributed by atoms with Crippen molar-refractivity contribution in [1.29, 1.82) is 0 Å². The molecule has 6 heteroatoms. The van der Waals surface area contributed by atoms with Gasteiger partial charge in [-0.1, -0.05) is 6.07 Å². The molecule has 0 radical (unpaired) electrons. The maximum absolute atomic E-state index is 12.1. The number of ether oxygens (including phenoxy) is 1. The normalized spacial score (nSPS) is 20.2. The molecule has 1 atom stereocenters. The van der Waals surface area contributed by atoms with Gasteiger partial charge in [0.15, 0.2) is 0 Å². The Hall–Kier alpha value is -1.11. The average Bonchev–Trinajstić information content (AvgIpc) is 3.41. The average molecular weight is 335 g/mol. The van der Waals surface area contributed by atoms with Gasteiger partial charge < -0.3 is 10.1 Å². The van der Waals surface area contributed by atoms with Crippen LogP contribution in [0.15, 0.2) is 24.5 Å². The lowest BCUT2D eigenvalue weighted by molar-refractivity contribution is -0.118. The first-order chi connectivity index (χ1) is 11.3. The Labute approximate surface area is 142 Å². The molecular weight excluding hydrogens is 310 g/mol. The van der Waals surface area contributed by atoms with Crippen LogP contribution in [0.3, 0.4) is 0 Å². The van der Waals surface area contributed by atoms with Crippen molar-refractivity contribution >= 4 is 17.7 Å². The molecule has 126 valence electrons. The van der Waals surface area contributed by atoms with Crippen molar-refractivity contribution in [2.75, 3.05) is 44.4 Å². The van der Waals surface area contributed by atoms with Gasteiger partial charge in [-0.25, -0.2) is 0 Å². The van der Waals surface area contributed by atoms with Crippen molar-refractivity contribution in [3.63, 3.8) is 0 Å². The topological polar surface area (TPSA) is 54.5 Å². The molecule has 1 aromatic heterocycles. The number of pyridine rings is 1. The Bertz CT molecular complexity index is 490. The van der Waals surface area contributed by atoms with Crippen LogP contribution in [-0.4, -0.2) is 60.1 Å². The first-order valence-electron chi connectivity index (χ1n) is 8.39. The van der Waals surface area contributed by atoms with Crippen LogP contribution < -0.4 is 5.32 Å². The lowest BCUT2D eigenvalue weighted by Gasteiger charge is -2.34. The van der Waals surface area contributed by atoms with Gasteiger partial charge in [-0.15, -0.1) is 0 Å². The fraction of sp³-hybridized carbons (Fsp3) is 0.647. The Morgan fingerprint density at radius 3 is 2.96 bits per heavy atom. The Morgan fingerprint density at radius 2 is 2.26 bits per heavy atom. The first-order valence-corrected chi connectivity index (χ1v) is 9.54.